The van der Waals surface area contributed by atoms with Crippen LogP contribution in [0.3, 0.4) is 0 Å². The molecule has 0 spiro atoms. The number of carbonyl (C=O) groups excluding carboxylic acids is 1. The molecule has 0 bridgehead atoms. The van der Waals surface area contributed by atoms with Crippen LogP contribution in [0.2, 0.25) is 0 Å². The van der Waals surface area contributed by atoms with E-state index < -0.39 is 0 Å². The fourth-order valence-corrected chi connectivity index (χ4v) is 3.31. The van der Waals surface area contributed by atoms with Crippen LogP contribution in [0.4, 0.5) is 4.79 Å². The molecule has 3 atom stereocenters. The zero-order valence-corrected chi connectivity index (χ0v) is 13.5. The van der Waals surface area contributed by atoms with Gasteiger partial charge in [-0.25, -0.2) is 4.79 Å². The van der Waals surface area contributed by atoms with E-state index in [0.29, 0.717) is 19.3 Å². The third-order valence-electron chi connectivity index (χ3n) is 4.56. The van der Waals surface area contributed by atoms with Crippen molar-refractivity contribution in [1.82, 2.24) is 10.6 Å². The van der Waals surface area contributed by atoms with Gasteiger partial charge in [0.25, 0.3) is 0 Å². The van der Waals surface area contributed by atoms with Gasteiger partial charge in [0, 0.05) is 19.8 Å². The smallest absolute Gasteiger partial charge is 0.315 e. The first-order valence-electron chi connectivity index (χ1n) is 8.65. The molecule has 2 amide bonds. The number of carbonyl (C=O) groups is 1. The monoisotopic (exact) mass is 318 g/mol. The van der Waals surface area contributed by atoms with E-state index in [0.717, 1.165) is 37.9 Å². The number of hydrogen-bond acceptors (Lipinski definition) is 3. The molecule has 2 aliphatic heterocycles. The number of rotatable bonds is 5. The highest BCUT2D eigenvalue weighted by atomic mass is 16.5. The average molecular weight is 318 g/mol. The van der Waals surface area contributed by atoms with Gasteiger partial charge in [-0.1, -0.05) is 30.3 Å². The van der Waals surface area contributed by atoms with Crippen molar-refractivity contribution in [3.63, 3.8) is 0 Å². The molecule has 0 aliphatic carbocycles. The summed E-state index contributed by atoms with van der Waals surface area (Å²) in [5, 5.41) is 5.99. The van der Waals surface area contributed by atoms with Crippen molar-refractivity contribution in [3.05, 3.63) is 35.9 Å². The van der Waals surface area contributed by atoms with Gasteiger partial charge in [0.05, 0.1) is 12.1 Å². The lowest BCUT2D eigenvalue weighted by Gasteiger charge is -2.23. The highest BCUT2D eigenvalue weighted by Gasteiger charge is 2.30. The Labute approximate surface area is 137 Å². The molecule has 23 heavy (non-hydrogen) atoms. The quantitative estimate of drug-likeness (QED) is 0.877. The third kappa shape index (κ3) is 4.69. The third-order valence-corrected chi connectivity index (χ3v) is 4.56. The Morgan fingerprint density at radius 3 is 2.74 bits per heavy atom. The molecule has 126 valence electrons. The summed E-state index contributed by atoms with van der Waals surface area (Å²) in [5.41, 5.74) is 1.12. The van der Waals surface area contributed by atoms with Crippen LogP contribution < -0.4 is 10.6 Å². The van der Waals surface area contributed by atoms with Crippen LogP contribution in [0.15, 0.2) is 30.3 Å². The molecule has 1 aromatic carbocycles. The zero-order chi connectivity index (χ0) is 15.9. The second-order valence-corrected chi connectivity index (χ2v) is 6.27. The molecule has 3 unspecified atom stereocenters. The van der Waals surface area contributed by atoms with Crippen molar-refractivity contribution in [2.45, 2.75) is 50.4 Å². The van der Waals surface area contributed by atoms with Crippen molar-refractivity contribution in [1.29, 1.82) is 0 Å². The van der Waals surface area contributed by atoms with E-state index in [-0.39, 0.29) is 18.2 Å². The Balaban J connectivity index is 1.42. The highest BCUT2D eigenvalue weighted by Crippen LogP contribution is 2.28. The predicted molar refractivity (Wildman–Crippen MR) is 88.3 cm³/mol. The Morgan fingerprint density at radius 1 is 1.09 bits per heavy atom. The molecule has 2 heterocycles. The molecule has 2 N–H and O–H groups in total. The Kier molecular flexibility index (Phi) is 5.88. The van der Waals surface area contributed by atoms with Gasteiger partial charge in [-0.2, -0.15) is 0 Å². The lowest BCUT2D eigenvalue weighted by atomic mass is 10.0. The predicted octanol–water partition coefficient (Wildman–Crippen LogP) is 2.78. The number of nitrogens with one attached hydrogen (secondary N) is 2. The molecule has 0 aromatic heterocycles. The van der Waals surface area contributed by atoms with E-state index in [1.807, 2.05) is 30.3 Å². The van der Waals surface area contributed by atoms with Crippen molar-refractivity contribution in [3.8, 4) is 0 Å². The Bertz CT molecular complexity index is 488. The molecule has 0 saturated carbocycles. The van der Waals surface area contributed by atoms with Gasteiger partial charge < -0.3 is 20.1 Å². The molecule has 5 heteroatoms. The van der Waals surface area contributed by atoms with E-state index >= 15 is 0 Å². The SMILES string of the molecule is O=C(NCCC1CCCCO1)NC1CCOC1c1ccccc1. The summed E-state index contributed by atoms with van der Waals surface area (Å²) in [4.78, 5) is 12.1. The number of urea groups is 1. The molecule has 1 aromatic rings. The maximum atomic E-state index is 12.1. The number of ether oxygens (including phenoxy) is 2. The summed E-state index contributed by atoms with van der Waals surface area (Å²) in [7, 11) is 0. The van der Waals surface area contributed by atoms with Crippen LogP contribution >= 0.6 is 0 Å². The van der Waals surface area contributed by atoms with Crippen LogP contribution in [-0.2, 0) is 9.47 Å². The van der Waals surface area contributed by atoms with E-state index in [1.54, 1.807) is 0 Å². The van der Waals surface area contributed by atoms with Gasteiger partial charge in [0.1, 0.15) is 6.10 Å². The van der Waals surface area contributed by atoms with Gasteiger partial charge in [-0.05, 0) is 37.7 Å². The van der Waals surface area contributed by atoms with Crippen LogP contribution in [0.1, 0.15) is 43.8 Å². The summed E-state index contributed by atoms with van der Waals surface area (Å²) < 4.78 is 11.5. The topological polar surface area (TPSA) is 59.6 Å². The second kappa shape index (κ2) is 8.31. The second-order valence-electron chi connectivity index (χ2n) is 6.27. The lowest BCUT2D eigenvalue weighted by molar-refractivity contribution is 0.0119. The van der Waals surface area contributed by atoms with Gasteiger partial charge in [-0.15, -0.1) is 0 Å². The van der Waals surface area contributed by atoms with Crippen LogP contribution in [0.5, 0.6) is 0 Å². The van der Waals surface area contributed by atoms with Gasteiger partial charge in [-0.3, -0.25) is 0 Å². The van der Waals surface area contributed by atoms with Gasteiger partial charge in [0.15, 0.2) is 0 Å². The first kappa shape index (κ1) is 16.3. The van der Waals surface area contributed by atoms with Crippen molar-refractivity contribution >= 4 is 6.03 Å². The van der Waals surface area contributed by atoms with Crippen molar-refractivity contribution < 1.29 is 14.3 Å². The highest BCUT2D eigenvalue weighted by molar-refractivity contribution is 5.74. The van der Waals surface area contributed by atoms with Crippen LogP contribution in [0, 0.1) is 0 Å². The summed E-state index contributed by atoms with van der Waals surface area (Å²) in [6.07, 6.45) is 5.48. The fourth-order valence-electron chi connectivity index (χ4n) is 3.31. The summed E-state index contributed by atoms with van der Waals surface area (Å²) in [6, 6.07) is 9.99. The zero-order valence-electron chi connectivity index (χ0n) is 13.5. The van der Waals surface area contributed by atoms with E-state index in [2.05, 4.69) is 10.6 Å². The molecule has 5 nitrogen and oxygen atoms in total. The summed E-state index contributed by atoms with van der Waals surface area (Å²) >= 11 is 0. The fraction of sp³-hybridized carbons (Fsp3) is 0.611. The van der Waals surface area contributed by atoms with E-state index in [1.165, 1.54) is 6.42 Å². The number of hydrogen-bond donors (Lipinski definition) is 2. The maximum absolute atomic E-state index is 12.1. The van der Waals surface area contributed by atoms with E-state index in [9.17, 15) is 4.79 Å². The van der Waals surface area contributed by atoms with Gasteiger partial charge >= 0.3 is 6.03 Å². The first-order valence-corrected chi connectivity index (χ1v) is 8.65. The minimum absolute atomic E-state index is 0.0309. The molecule has 2 fully saturated rings. The molecular weight excluding hydrogens is 292 g/mol. The normalized spacial score (nSPS) is 27.6. The Hall–Kier alpha value is -1.59. The molecular formula is C18H26N2O3. The van der Waals surface area contributed by atoms with Crippen molar-refractivity contribution in [2.24, 2.45) is 0 Å². The Morgan fingerprint density at radius 2 is 1.96 bits per heavy atom. The van der Waals surface area contributed by atoms with Gasteiger partial charge in [0.2, 0.25) is 0 Å². The first-order chi connectivity index (χ1) is 11.3. The maximum Gasteiger partial charge on any atom is 0.315 e. The average Bonchev–Trinajstić information content (AvgIpc) is 3.05. The lowest BCUT2D eigenvalue weighted by Crippen LogP contribution is -2.44. The van der Waals surface area contributed by atoms with Crippen molar-refractivity contribution in [2.75, 3.05) is 19.8 Å². The summed E-state index contributed by atoms with van der Waals surface area (Å²) in [5.74, 6) is 0. The molecule has 2 saturated heterocycles. The standard InChI is InChI=1S/C18H26N2O3/c21-18(19-11-9-15-8-4-5-12-22-15)20-16-10-13-23-17(16)14-6-2-1-3-7-14/h1-3,6-7,15-17H,4-5,8-13H2,(H2,19,20,21). The van der Waals surface area contributed by atoms with Crippen LogP contribution in [-0.4, -0.2) is 37.9 Å². The number of amides is 2. The number of benzene rings is 1. The molecule has 0 radical (unpaired) electrons. The van der Waals surface area contributed by atoms with E-state index in [4.69, 9.17) is 9.47 Å². The largest absolute Gasteiger partial charge is 0.378 e. The molecule has 3 rings (SSSR count). The molecule has 2 aliphatic rings. The minimum atomic E-state index is -0.114. The summed E-state index contributed by atoms with van der Waals surface area (Å²) in [6.45, 7) is 2.19. The minimum Gasteiger partial charge on any atom is -0.378 e. The van der Waals surface area contributed by atoms with Crippen LogP contribution in [0.25, 0.3) is 0 Å².